The molecule has 4 unspecified atom stereocenters. The van der Waals surface area contributed by atoms with Gasteiger partial charge >= 0.3 is 0 Å². The van der Waals surface area contributed by atoms with Gasteiger partial charge in [0, 0.05) is 25.6 Å². The molecule has 0 radical (unpaired) electrons. The van der Waals surface area contributed by atoms with Crippen molar-refractivity contribution in [2.75, 3.05) is 11.5 Å². The molecule has 33 heavy (non-hydrogen) atoms. The second-order valence-corrected chi connectivity index (χ2v) is 13.8. The van der Waals surface area contributed by atoms with Crippen LogP contribution in [0.2, 0.25) is 5.02 Å². The van der Waals surface area contributed by atoms with Crippen LogP contribution in [0.4, 0.5) is 5.69 Å². The van der Waals surface area contributed by atoms with Gasteiger partial charge < -0.3 is 4.74 Å². The maximum Gasteiger partial charge on any atom is 0.239 e. The minimum Gasteiger partial charge on any atom is -0.372 e. The van der Waals surface area contributed by atoms with Crippen LogP contribution < -0.4 is 4.90 Å². The van der Waals surface area contributed by atoms with Crippen LogP contribution >= 0.6 is 22.9 Å². The van der Waals surface area contributed by atoms with Gasteiger partial charge in [0.05, 0.1) is 40.2 Å². The Kier molecular flexibility index (Phi) is 4.52. The van der Waals surface area contributed by atoms with E-state index >= 15 is 0 Å². The summed E-state index contributed by atoms with van der Waals surface area (Å²) in [6.45, 7) is 8.91. The van der Waals surface area contributed by atoms with Crippen molar-refractivity contribution in [3.63, 3.8) is 0 Å². The lowest BCUT2D eigenvalue weighted by atomic mass is 9.64. The molecule has 5 atom stereocenters. The minimum absolute atomic E-state index is 0.264. The molecule has 2 aromatic rings. The first kappa shape index (κ1) is 21.7. The summed E-state index contributed by atoms with van der Waals surface area (Å²) in [7, 11) is -1.41. The Morgan fingerprint density at radius 3 is 2.18 bits per heavy atom. The largest absolute Gasteiger partial charge is 0.372 e. The number of anilines is 1. The first-order valence-electron chi connectivity index (χ1n) is 11.1. The molecule has 6 rings (SSSR count). The SMILES string of the molecule is Cc1sc(C)c2c1COCC1=C(C2)C2(C)C3C(=O)N(c4ccc(Cl)cc4)C(=O)C3[C@]1(C)S2=O. The Bertz CT molecular complexity index is 1310. The molecule has 1 aromatic carbocycles. The number of nitrogens with zero attached hydrogens (tertiary/aromatic N) is 1. The number of carbonyl (C=O) groups is 2. The number of fused-ring (bicyclic) bond motifs is 8. The number of rotatable bonds is 1. The average Bonchev–Trinajstić information content (AvgIpc) is 3.29. The number of amides is 2. The summed E-state index contributed by atoms with van der Waals surface area (Å²) in [6, 6.07) is 6.74. The van der Waals surface area contributed by atoms with E-state index in [-0.39, 0.29) is 11.8 Å². The number of imide groups is 1. The van der Waals surface area contributed by atoms with Crippen LogP contribution in [0.1, 0.15) is 34.7 Å². The summed E-state index contributed by atoms with van der Waals surface area (Å²) in [4.78, 5) is 31.3. The maximum absolute atomic E-state index is 14.1. The molecule has 4 aliphatic heterocycles. The third-order valence-corrected chi connectivity index (χ3v) is 12.2. The van der Waals surface area contributed by atoms with Crippen LogP contribution in [0.3, 0.4) is 0 Å². The molecule has 2 amide bonds. The fourth-order valence-electron chi connectivity index (χ4n) is 6.64. The van der Waals surface area contributed by atoms with E-state index in [0.717, 1.165) is 11.1 Å². The van der Waals surface area contributed by atoms with E-state index in [1.807, 2.05) is 13.8 Å². The first-order chi connectivity index (χ1) is 15.6. The molecule has 5 heterocycles. The average molecular weight is 502 g/mol. The fraction of sp³-hybridized carbons (Fsp3) is 0.440. The lowest BCUT2D eigenvalue weighted by Gasteiger charge is -2.35. The zero-order valence-corrected chi connectivity index (χ0v) is 21.2. The van der Waals surface area contributed by atoms with Crippen molar-refractivity contribution in [1.29, 1.82) is 0 Å². The van der Waals surface area contributed by atoms with Crippen molar-refractivity contribution in [1.82, 2.24) is 0 Å². The Hall–Kier alpha value is -1.80. The van der Waals surface area contributed by atoms with Gasteiger partial charge in [-0.3, -0.25) is 13.8 Å². The number of hydrogen-bond acceptors (Lipinski definition) is 5. The standard InChI is InChI=1S/C25H24ClNO4S2/c1-12-16-9-18-19(11-31-10-17(16)13(2)32-12)25(4)21-20(24(18,3)33(25)30)22(28)27(23(21)29)15-7-5-14(26)6-8-15/h5-8,20-21H,9-11H2,1-4H3/t20?,21?,24?,25-,33?/m1/s1. The summed E-state index contributed by atoms with van der Waals surface area (Å²) in [5.74, 6) is -1.84. The van der Waals surface area contributed by atoms with E-state index < -0.39 is 32.1 Å². The molecule has 4 aliphatic rings. The monoisotopic (exact) mass is 501 g/mol. The molecule has 0 saturated carbocycles. The second-order valence-electron chi connectivity index (χ2n) is 9.72. The van der Waals surface area contributed by atoms with Crippen LogP contribution in [0.25, 0.3) is 0 Å². The summed E-state index contributed by atoms with van der Waals surface area (Å²) >= 11 is 7.78. The molecule has 172 valence electrons. The molecular weight excluding hydrogens is 478 g/mol. The molecule has 2 saturated heterocycles. The van der Waals surface area contributed by atoms with E-state index in [2.05, 4.69) is 13.8 Å². The molecule has 0 spiro atoms. The third kappa shape index (κ3) is 2.49. The Morgan fingerprint density at radius 1 is 0.970 bits per heavy atom. The predicted molar refractivity (Wildman–Crippen MR) is 130 cm³/mol. The molecule has 8 heteroatoms. The lowest BCUT2D eigenvalue weighted by molar-refractivity contribution is -0.122. The van der Waals surface area contributed by atoms with Gasteiger partial charge in [-0.15, -0.1) is 11.3 Å². The number of aryl methyl sites for hydroxylation is 2. The smallest absolute Gasteiger partial charge is 0.239 e. The van der Waals surface area contributed by atoms with Gasteiger partial charge in [0.25, 0.3) is 0 Å². The van der Waals surface area contributed by atoms with Crippen LogP contribution in [0, 0.1) is 25.7 Å². The van der Waals surface area contributed by atoms with Crippen molar-refractivity contribution >= 4 is 51.2 Å². The molecule has 2 bridgehead atoms. The number of carbonyl (C=O) groups excluding carboxylic acids is 2. The van der Waals surface area contributed by atoms with Crippen LogP contribution in [0.5, 0.6) is 0 Å². The summed E-state index contributed by atoms with van der Waals surface area (Å²) < 4.78 is 18.4. The van der Waals surface area contributed by atoms with Gasteiger partial charge in [-0.25, -0.2) is 4.90 Å². The number of benzene rings is 1. The highest BCUT2D eigenvalue weighted by molar-refractivity contribution is 7.89. The van der Waals surface area contributed by atoms with Gasteiger partial charge in [-0.1, -0.05) is 11.6 Å². The van der Waals surface area contributed by atoms with Gasteiger partial charge in [0.2, 0.25) is 11.8 Å². The second kappa shape index (κ2) is 6.87. The van der Waals surface area contributed by atoms with Crippen LogP contribution in [-0.4, -0.2) is 32.1 Å². The summed E-state index contributed by atoms with van der Waals surface area (Å²) in [5.41, 5.74) is 4.93. The van der Waals surface area contributed by atoms with E-state index in [1.54, 1.807) is 35.6 Å². The highest BCUT2D eigenvalue weighted by atomic mass is 35.5. The van der Waals surface area contributed by atoms with E-state index in [1.165, 1.54) is 25.8 Å². The Morgan fingerprint density at radius 2 is 1.55 bits per heavy atom. The molecule has 0 N–H and O–H groups in total. The van der Waals surface area contributed by atoms with Gasteiger partial charge in [0.1, 0.15) is 0 Å². The lowest BCUT2D eigenvalue weighted by Crippen LogP contribution is -2.44. The van der Waals surface area contributed by atoms with Crippen molar-refractivity contribution in [3.8, 4) is 0 Å². The van der Waals surface area contributed by atoms with Gasteiger partial charge in [-0.05, 0) is 80.7 Å². The summed E-state index contributed by atoms with van der Waals surface area (Å²) in [6.07, 6.45) is 0.660. The van der Waals surface area contributed by atoms with Crippen molar-refractivity contribution in [2.24, 2.45) is 11.8 Å². The minimum atomic E-state index is -1.41. The molecule has 1 aromatic heterocycles. The number of hydrogen-bond donors (Lipinski definition) is 0. The van der Waals surface area contributed by atoms with Crippen molar-refractivity contribution < 1.29 is 18.5 Å². The number of halogens is 1. The number of ether oxygens (including phenoxy) is 1. The normalized spacial score (nSPS) is 34.9. The van der Waals surface area contributed by atoms with Crippen LogP contribution in [0.15, 0.2) is 35.4 Å². The Labute approximate surface area is 204 Å². The first-order valence-corrected chi connectivity index (χ1v) is 13.4. The van der Waals surface area contributed by atoms with E-state index in [4.69, 9.17) is 16.3 Å². The highest BCUT2D eigenvalue weighted by Gasteiger charge is 2.78. The molecular formula is C25H24ClNO4S2. The van der Waals surface area contributed by atoms with Crippen LogP contribution in [-0.2, 0) is 38.2 Å². The molecule has 5 nitrogen and oxygen atoms in total. The van der Waals surface area contributed by atoms with Gasteiger partial charge in [0.15, 0.2) is 0 Å². The zero-order chi connectivity index (χ0) is 23.4. The van der Waals surface area contributed by atoms with E-state index in [9.17, 15) is 13.8 Å². The number of thiophene rings is 1. The topological polar surface area (TPSA) is 63.7 Å². The van der Waals surface area contributed by atoms with E-state index in [0.29, 0.717) is 30.3 Å². The quantitative estimate of drug-likeness (QED) is 0.426. The molecule has 0 aliphatic carbocycles. The highest BCUT2D eigenvalue weighted by Crippen LogP contribution is 2.66. The molecule has 2 fully saturated rings. The van der Waals surface area contributed by atoms with Crippen molar-refractivity contribution in [2.45, 2.75) is 50.2 Å². The Balaban J connectivity index is 1.51. The zero-order valence-electron chi connectivity index (χ0n) is 18.9. The maximum atomic E-state index is 14.1. The fourth-order valence-corrected chi connectivity index (χ4v) is 10.5. The third-order valence-electron chi connectivity index (χ3n) is 8.28. The summed E-state index contributed by atoms with van der Waals surface area (Å²) in [5, 5.41) is 0.539. The van der Waals surface area contributed by atoms with Crippen molar-refractivity contribution in [3.05, 3.63) is 61.3 Å². The van der Waals surface area contributed by atoms with Gasteiger partial charge in [-0.2, -0.15) is 0 Å². The predicted octanol–water partition coefficient (Wildman–Crippen LogP) is 4.49.